The van der Waals surface area contributed by atoms with Gasteiger partial charge in [0.05, 0.1) is 17.7 Å². The molecule has 1 aliphatic heterocycles. The van der Waals surface area contributed by atoms with Crippen molar-refractivity contribution < 1.29 is 28.9 Å². The maximum absolute atomic E-state index is 15.3. The van der Waals surface area contributed by atoms with E-state index in [0.29, 0.717) is 56.7 Å². The maximum atomic E-state index is 15.3. The molecule has 8 nitrogen and oxygen atoms in total. The smallest absolute Gasteiger partial charge is 0.317 e. The number of aliphatic hydroxyl groups is 2. The van der Waals surface area contributed by atoms with Crippen LogP contribution in [0.15, 0.2) is 48.5 Å². The predicted octanol–water partition coefficient (Wildman–Crippen LogP) is 4.65. The lowest BCUT2D eigenvalue weighted by molar-refractivity contribution is -0.0580. The highest BCUT2D eigenvalue weighted by Gasteiger charge is 2.44. The minimum absolute atomic E-state index is 0.00124. The molecule has 0 spiro atoms. The van der Waals surface area contributed by atoms with Crippen LogP contribution in [0.4, 0.5) is 9.18 Å². The Morgan fingerprint density at radius 3 is 2.60 bits per heavy atom. The van der Waals surface area contributed by atoms with E-state index in [4.69, 9.17) is 9.47 Å². The summed E-state index contributed by atoms with van der Waals surface area (Å²) in [6.07, 6.45) is 2.39. The number of urea groups is 1. The summed E-state index contributed by atoms with van der Waals surface area (Å²) in [5, 5.41) is 29.1. The molecule has 0 unspecified atom stereocenters. The van der Waals surface area contributed by atoms with Gasteiger partial charge in [0.25, 0.3) is 0 Å². The first-order valence-corrected chi connectivity index (χ1v) is 14.3. The van der Waals surface area contributed by atoms with E-state index in [1.165, 1.54) is 6.07 Å². The Morgan fingerprint density at radius 2 is 1.93 bits per heavy atom. The highest BCUT2D eigenvalue weighted by molar-refractivity contribution is 5.74. The quantitative estimate of drug-likeness (QED) is 0.251. The molecule has 0 radical (unpaired) electrons. The molecule has 1 saturated heterocycles. The molecule has 2 aromatic rings. The van der Waals surface area contributed by atoms with Crippen LogP contribution in [0.3, 0.4) is 0 Å². The second kappa shape index (κ2) is 15.3. The molecule has 2 amide bonds. The van der Waals surface area contributed by atoms with Crippen molar-refractivity contribution in [3.05, 3.63) is 59.9 Å². The molecule has 0 bridgehead atoms. The summed E-state index contributed by atoms with van der Waals surface area (Å²) in [5.74, 6) is -0.467. The van der Waals surface area contributed by atoms with Gasteiger partial charge in [-0.15, -0.1) is 0 Å². The molecule has 2 aromatic carbocycles. The van der Waals surface area contributed by atoms with Crippen LogP contribution in [-0.2, 0) is 10.3 Å². The topological polar surface area (TPSA) is 103 Å². The standard InChI is InChI=1S/C31H46FN3O5/c1-22(2)28(36)27(20-33-3)34-30(37)35-18-11-12-23(21-35)31(38,17-8-9-19-39-4)25-15-10-16-26(32)29(25)40-24-13-6-5-7-14-24/h5-7,10,13-16,22-23,27-28,33,36,38H,8-9,11-12,17-21H2,1-4H3,(H,34,37)/t23-,27-,28+,31+/m1/s1. The Morgan fingerprint density at radius 1 is 1.18 bits per heavy atom. The van der Waals surface area contributed by atoms with Gasteiger partial charge in [0.1, 0.15) is 5.75 Å². The third-order valence-electron chi connectivity index (χ3n) is 7.77. The number of amides is 2. The van der Waals surface area contributed by atoms with Gasteiger partial charge in [0.15, 0.2) is 11.6 Å². The summed E-state index contributed by atoms with van der Waals surface area (Å²) in [6.45, 7) is 5.62. The van der Waals surface area contributed by atoms with Crippen LogP contribution in [-0.4, -0.2) is 73.7 Å². The summed E-state index contributed by atoms with van der Waals surface area (Å²) in [5.41, 5.74) is -1.06. The van der Waals surface area contributed by atoms with Gasteiger partial charge in [-0.05, 0) is 63.3 Å². The Kier molecular flexibility index (Phi) is 12.2. The summed E-state index contributed by atoms with van der Waals surface area (Å²) in [6, 6.07) is 12.8. The van der Waals surface area contributed by atoms with Gasteiger partial charge >= 0.3 is 6.03 Å². The zero-order valence-corrected chi connectivity index (χ0v) is 24.2. The number of halogens is 1. The van der Waals surface area contributed by atoms with Gasteiger partial charge in [-0.2, -0.15) is 0 Å². The number of ether oxygens (including phenoxy) is 2. The van der Waals surface area contributed by atoms with Crippen molar-refractivity contribution in [2.75, 3.05) is 40.4 Å². The highest BCUT2D eigenvalue weighted by atomic mass is 19.1. The number of unbranched alkanes of at least 4 members (excludes halogenated alkanes) is 1. The van der Waals surface area contributed by atoms with E-state index >= 15 is 4.39 Å². The van der Waals surface area contributed by atoms with Crippen molar-refractivity contribution >= 4 is 6.03 Å². The average molecular weight is 560 g/mol. The fourth-order valence-corrected chi connectivity index (χ4v) is 5.50. The highest BCUT2D eigenvalue weighted by Crippen LogP contribution is 2.45. The second-order valence-electron chi connectivity index (χ2n) is 11.0. The van der Waals surface area contributed by atoms with Crippen molar-refractivity contribution in [3.63, 3.8) is 0 Å². The normalized spacial score (nSPS) is 18.7. The van der Waals surface area contributed by atoms with E-state index in [2.05, 4.69) is 10.6 Å². The minimum Gasteiger partial charge on any atom is -0.454 e. The number of benzene rings is 2. The van der Waals surface area contributed by atoms with Gasteiger partial charge in [0, 0.05) is 44.8 Å². The molecule has 4 atom stereocenters. The third-order valence-corrected chi connectivity index (χ3v) is 7.77. The van der Waals surface area contributed by atoms with Crippen molar-refractivity contribution in [1.29, 1.82) is 0 Å². The molecule has 4 N–H and O–H groups in total. The van der Waals surface area contributed by atoms with Gasteiger partial charge in [-0.3, -0.25) is 0 Å². The van der Waals surface area contributed by atoms with E-state index < -0.39 is 23.6 Å². The first-order valence-electron chi connectivity index (χ1n) is 14.3. The number of hydrogen-bond donors (Lipinski definition) is 4. The molecule has 3 rings (SSSR count). The summed E-state index contributed by atoms with van der Waals surface area (Å²) in [7, 11) is 3.42. The van der Waals surface area contributed by atoms with Gasteiger partial charge in [-0.25, -0.2) is 9.18 Å². The molecule has 40 heavy (non-hydrogen) atoms. The Labute approximate surface area is 237 Å². The van der Waals surface area contributed by atoms with E-state index in [0.717, 1.165) is 6.42 Å². The number of nitrogens with zero attached hydrogens (tertiary/aromatic N) is 1. The van der Waals surface area contributed by atoms with Gasteiger partial charge in [0.2, 0.25) is 0 Å². The predicted molar refractivity (Wildman–Crippen MR) is 154 cm³/mol. The number of methoxy groups -OCH3 is 1. The largest absolute Gasteiger partial charge is 0.454 e. The fourth-order valence-electron chi connectivity index (χ4n) is 5.50. The number of para-hydroxylation sites is 2. The van der Waals surface area contributed by atoms with Crippen LogP contribution in [0, 0.1) is 17.7 Å². The van der Waals surface area contributed by atoms with Crippen molar-refractivity contribution in [2.45, 2.75) is 63.7 Å². The molecule has 0 saturated carbocycles. The number of carbonyl (C=O) groups excluding carboxylic acids is 1. The van der Waals surface area contributed by atoms with E-state index in [-0.39, 0.29) is 30.2 Å². The number of carbonyl (C=O) groups is 1. The zero-order valence-electron chi connectivity index (χ0n) is 24.2. The zero-order chi connectivity index (χ0) is 29.1. The number of likely N-dealkylation sites (N-methyl/N-ethyl adjacent to an activating group) is 1. The van der Waals surface area contributed by atoms with Crippen LogP contribution in [0.5, 0.6) is 11.5 Å². The number of aliphatic hydroxyl groups excluding tert-OH is 1. The molecule has 222 valence electrons. The number of hydrogen-bond acceptors (Lipinski definition) is 6. The Hall–Kier alpha value is -2.72. The van der Waals surface area contributed by atoms with Crippen LogP contribution >= 0.6 is 0 Å². The molecule has 0 aliphatic carbocycles. The van der Waals surface area contributed by atoms with Crippen LogP contribution < -0.4 is 15.4 Å². The van der Waals surface area contributed by atoms with E-state index in [9.17, 15) is 15.0 Å². The van der Waals surface area contributed by atoms with Crippen LogP contribution in [0.2, 0.25) is 0 Å². The number of nitrogens with one attached hydrogen (secondary N) is 2. The molecular weight excluding hydrogens is 513 g/mol. The lowest BCUT2D eigenvalue weighted by Gasteiger charge is -2.43. The van der Waals surface area contributed by atoms with E-state index in [1.54, 1.807) is 43.3 Å². The third kappa shape index (κ3) is 8.16. The SMILES string of the molecule is CNC[C@@H](NC(=O)N1CCC[C@@H]([C@@](O)(CCCCOC)c2cccc(F)c2Oc2ccccc2)C1)[C@@H](O)C(C)C. The lowest BCUT2D eigenvalue weighted by atomic mass is 9.73. The molecule has 1 aliphatic rings. The number of rotatable bonds is 14. The summed E-state index contributed by atoms with van der Waals surface area (Å²) >= 11 is 0. The molecule has 0 aromatic heterocycles. The molecule has 9 heteroatoms. The number of piperidine rings is 1. The number of likely N-dealkylation sites (tertiary alicyclic amines) is 1. The second-order valence-corrected chi connectivity index (χ2v) is 11.0. The van der Waals surface area contributed by atoms with Gasteiger partial charge in [-0.1, -0.05) is 44.2 Å². The Bertz CT molecular complexity index is 1060. The van der Waals surface area contributed by atoms with Crippen molar-refractivity contribution in [1.82, 2.24) is 15.5 Å². The first-order chi connectivity index (χ1) is 19.2. The molecule has 1 heterocycles. The lowest BCUT2D eigenvalue weighted by Crippen LogP contribution is -2.57. The first kappa shape index (κ1) is 31.8. The average Bonchev–Trinajstić information content (AvgIpc) is 2.96. The summed E-state index contributed by atoms with van der Waals surface area (Å²) < 4.78 is 26.5. The van der Waals surface area contributed by atoms with E-state index in [1.807, 2.05) is 32.0 Å². The molecular formula is C31H46FN3O5. The Balaban J connectivity index is 1.90. The maximum Gasteiger partial charge on any atom is 0.317 e. The molecule has 1 fully saturated rings. The van der Waals surface area contributed by atoms with Crippen LogP contribution in [0.25, 0.3) is 0 Å². The minimum atomic E-state index is -1.44. The van der Waals surface area contributed by atoms with Gasteiger partial charge < -0.3 is 35.2 Å². The fraction of sp³-hybridized carbons (Fsp3) is 0.581. The van der Waals surface area contributed by atoms with Crippen molar-refractivity contribution in [2.24, 2.45) is 11.8 Å². The van der Waals surface area contributed by atoms with Crippen molar-refractivity contribution in [3.8, 4) is 11.5 Å². The monoisotopic (exact) mass is 559 g/mol. The van der Waals surface area contributed by atoms with Crippen LogP contribution in [0.1, 0.15) is 51.5 Å². The summed E-state index contributed by atoms with van der Waals surface area (Å²) in [4.78, 5) is 15.1.